The first-order chi connectivity index (χ1) is 14.0. The quantitative estimate of drug-likeness (QED) is 0.774. The maximum atomic E-state index is 12.7. The lowest BCUT2D eigenvalue weighted by molar-refractivity contribution is -0.144. The van der Waals surface area contributed by atoms with Crippen molar-refractivity contribution in [3.63, 3.8) is 0 Å². The summed E-state index contributed by atoms with van der Waals surface area (Å²) in [6.07, 6.45) is 0.166. The maximum Gasteiger partial charge on any atom is 0.410 e. The molecule has 1 heterocycles. The average Bonchev–Trinajstić information content (AvgIpc) is 2.77. The fraction of sp³-hybridized carbons (Fsp3) is 0.318. The molecular weight excluding hydrogens is 374 g/mol. The lowest BCUT2D eigenvalue weighted by atomic mass is 9.87. The second kappa shape index (κ2) is 9.23. The van der Waals surface area contributed by atoms with Crippen LogP contribution in [-0.4, -0.2) is 41.7 Å². The Bertz CT molecular complexity index is 865. The fourth-order valence-electron chi connectivity index (χ4n) is 3.49. The summed E-state index contributed by atoms with van der Waals surface area (Å²) in [4.78, 5) is 37.5. The van der Waals surface area contributed by atoms with Gasteiger partial charge in [-0.25, -0.2) is 9.59 Å². The van der Waals surface area contributed by atoms with Gasteiger partial charge in [0.1, 0.15) is 6.61 Å². The second-order valence-electron chi connectivity index (χ2n) is 6.92. The van der Waals surface area contributed by atoms with E-state index in [1.807, 2.05) is 30.3 Å². The molecule has 2 atom stereocenters. The number of carbonyl (C=O) groups is 3. The molecule has 1 amide bonds. The highest BCUT2D eigenvalue weighted by atomic mass is 16.6. The van der Waals surface area contributed by atoms with Crippen LogP contribution in [0.25, 0.3) is 0 Å². The lowest BCUT2D eigenvalue weighted by Crippen LogP contribution is -2.42. The topological polar surface area (TPSA) is 93.1 Å². The van der Waals surface area contributed by atoms with Gasteiger partial charge in [0.25, 0.3) is 0 Å². The number of aliphatic carboxylic acids is 1. The third-order valence-corrected chi connectivity index (χ3v) is 5.11. The number of benzene rings is 2. The van der Waals surface area contributed by atoms with Gasteiger partial charge in [0, 0.05) is 6.54 Å². The number of rotatable bonds is 5. The number of hydrogen-bond donors (Lipinski definition) is 1. The predicted octanol–water partition coefficient (Wildman–Crippen LogP) is 3.65. The van der Waals surface area contributed by atoms with Gasteiger partial charge in [-0.1, -0.05) is 42.5 Å². The van der Waals surface area contributed by atoms with Crippen LogP contribution in [0.4, 0.5) is 4.79 Å². The summed E-state index contributed by atoms with van der Waals surface area (Å²) < 4.78 is 10.2. The van der Waals surface area contributed by atoms with Gasteiger partial charge in [0.15, 0.2) is 0 Å². The van der Waals surface area contributed by atoms with Crippen molar-refractivity contribution in [2.24, 2.45) is 5.92 Å². The Labute approximate surface area is 168 Å². The first-order valence-corrected chi connectivity index (χ1v) is 9.38. The van der Waals surface area contributed by atoms with Crippen LogP contribution >= 0.6 is 0 Å². The van der Waals surface area contributed by atoms with Gasteiger partial charge >= 0.3 is 18.0 Å². The van der Waals surface area contributed by atoms with E-state index in [2.05, 4.69) is 0 Å². The van der Waals surface area contributed by atoms with Crippen LogP contribution in [0.3, 0.4) is 0 Å². The van der Waals surface area contributed by atoms with Gasteiger partial charge in [-0.05, 0) is 36.1 Å². The number of amides is 1. The van der Waals surface area contributed by atoms with Gasteiger partial charge in [-0.2, -0.15) is 0 Å². The molecule has 0 aromatic heterocycles. The Balaban J connectivity index is 1.77. The Hall–Kier alpha value is -3.35. The van der Waals surface area contributed by atoms with E-state index in [9.17, 15) is 19.5 Å². The summed E-state index contributed by atoms with van der Waals surface area (Å²) in [5.74, 6) is -1.88. The number of ether oxygens (including phenoxy) is 2. The molecule has 0 bridgehead atoms. The van der Waals surface area contributed by atoms with Crippen molar-refractivity contribution in [1.29, 1.82) is 0 Å². The number of esters is 1. The molecular formula is C22H23NO6. The molecule has 0 unspecified atom stereocenters. The normalized spacial score (nSPS) is 18.7. The Morgan fingerprint density at radius 1 is 1.07 bits per heavy atom. The molecule has 0 spiro atoms. The van der Waals surface area contributed by atoms with Crippen LogP contribution in [0.1, 0.15) is 40.4 Å². The number of hydrogen-bond acceptors (Lipinski definition) is 5. The van der Waals surface area contributed by atoms with Gasteiger partial charge < -0.3 is 19.5 Å². The third kappa shape index (κ3) is 4.93. The highest BCUT2D eigenvalue weighted by Crippen LogP contribution is 2.35. The molecule has 1 aliphatic heterocycles. The number of nitrogens with zero attached hydrogens (tertiary/aromatic N) is 1. The van der Waals surface area contributed by atoms with Crippen LogP contribution in [-0.2, 0) is 20.9 Å². The van der Waals surface area contributed by atoms with E-state index in [0.29, 0.717) is 12.0 Å². The van der Waals surface area contributed by atoms with E-state index in [1.54, 1.807) is 29.2 Å². The molecule has 0 saturated carbocycles. The van der Waals surface area contributed by atoms with Crippen LogP contribution in [0.15, 0.2) is 54.6 Å². The Morgan fingerprint density at radius 2 is 1.76 bits per heavy atom. The molecule has 1 aliphatic rings. The Morgan fingerprint density at radius 3 is 2.38 bits per heavy atom. The minimum absolute atomic E-state index is 0.145. The van der Waals surface area contributed by atoms with Gasteiger partial charge in [0.2, 0.25) is 0 Å². The molecule has 7 nitrogen and oxygen atoms in total. The lowest BCUT2D eigenvalue weighted by Gasteiger charge is -2.37. The minimum atomic E-state index is -0.876. The summed E-state index contributed by atoms with van der Waals surface area (Å²) in [6.45, 7) is 0.431. The molecule has 2 aromatic carbocycles. The highest BCUT2D eigenvalue weighted by molar-refractivity contribution is 5.89. The van der Waals surface area contributed by atoms with Crippen LogP contribution in [0.2, 0.25) is 0 Å². The number of piperidine rings is 1. The van der Waals surface area contributed by atoms with E-state index in [-0.39, 0.29) is 19.6 Å². The standard InChI is InChI=1S/C22H23NO6/c1-28-21(26)17-9-7-16(8-10-17)19-13-18(20(24)25)11-12-23(19)22(27)29-14-15-5-3-2-4-6-15/h2-10,18-19H,11-14H2,1H3,(H,24,25)/t18-,19+/m1/s1. The van der Waals surface area contributed by atoms with Crippen LogP contribution in [0, 0.1) is 5.92 Å². The third-order valence-electron chi connectivity index (χ3n) is 5.11. The van der Waals surface area contributed by atoms with Crippen molar-refractivity contribution in [2.45, 2.75) is 25.5 Å². The molecule has 152 valence electrons. The van der Waals surface area contributed by atoms with E-state index < -0.39 is 30.0 Å². The summed E-state index contributed by atoms with van der Waals surface area (Å²) in [6, 6.07) is 15.6. The van der Waals surface area contributed by atoms with E-state index in [1.165, 1.54) is 7.11 Å². The van der Waals surface area contributed by atoms with E-state index in [0.717, 1.165) is 11.1 Å². The first-order valence-electron chi connectivity index (χ1n) is 9.38. The predicted molar refractivity (Wildman–Crippen MR) is 104 cm³/mol. The zero-order chi connectivity index (χ0) is 20.8. The molecule has 7 heteroatoms. The fourth-order valence-corrected chi connectivity index (χ4v) is 3.49. The molecule has 1 N–H and O–H groups in total. The molecule has 1 saturated heterocycles. The molecule has 0 aliphatic carbocycles. The summed E-state index contributed by atoms with van der Waals surface area (Å²) in [7, 11) is 1.30. The van der Waals surface area contributed by atoms with Crippen molar-refractivity contribution in [3.8, 4) is 0 Å². The molecule has 3 rings (SSSR count). The monoisotopic (exact) mass is 397 g/mol. The van der Waals surface area contributed by atoms with Gasteiger partial charge in [0.05, 0.1) is 24.6 Å². The number of carboxylic acids is 1. The zero-order valence-electron chi connectivity index (χ0n) is 16.1. The average molecular weight is 397 g/mol. The van der Waals surface area contributed by atoms with E-state index in [4.69, 9.17) is 9.47 Å². The number of methoxy groups -OCH3 is 1. The van der Waals surface area contributed by atoms with Gasteiger partial charge in [-0.3, -0.25) is 4.79 Å². The number of carboxylic acid groups (broad SMARTS) is 1. The SMILES string of the molecule is COC(=O)c1ccc([C@@H]2C[C@H](C(=O)O)CCN2C(=O)OCc2ccccc2)cc1. The largest absolute Gasteiger partial charge is 0.481 e. The summed E-state index contributed by atoms with van der Waals surface area (Å²) >= 11 is 0. The minimum Gasteiger partial charge on any atom is -0.481 e. The molecule has 1 fully saturated rings. The molecule has 2 aromatic rings. The van der Waals surface area contributed by atoms with Crippen molar-refractivity contribution in [2.75, 3.05) is 13.7 Å². The molecule has 29 heavy (non-hydrogen) atoms. The number of likely N-dealkylation sites (tertiary alicyclic amines) is 1. The summed E-state index contributed by atoms with van der Waals surface area (Å²) in [5.41, 5.74) is 2.01. The van der Waals surface area contributed by atoms with Crippen molar-refractivity contribution in [3.05, 3.63) is 71.3 Å². The zero-order valence-corrected chi connectivity index (χ0v) is 16.1. The van der Waals surface area contributed by atoms with Crippen LogP contribution < -0.4 is 0 Å². The second-order valence-corrected chi connectivity index (χ2v) is 6.92. The van der Waals surface area contributed by atoms with Crippen molar-refractivity contribution < 1.29 is 29.0 Å². The highest BCUT2D eigenvalue weighted by Gasteiger charge is 2.36. The Kier molecular flexibility index (Phi) is 6.49. The van der Waals surface area contributed by atoms with E-state index >= 15 is 0 Å². The van der Waals surface area contributed by atoms with Gasteiger partial charge in [-0.15, -0.1) is 0 Å². The van der Waals surface area contributed by atoms with Crippen LogP contribution in [0.5, 0.6) is 0 Å². The summed E-state index contributed by atoms with van der Waals surface area (Å²) in [5, 5.41) is 9.43. The first kappa shape index (κ1) is 20.4. The maximum absolute atomic E-state index is 12.7. The van der Waals surface area contributed by atoms with Crippen molar-refractivity contribution >= 4 is 18.0 Å². The van der Waals surface area contributed by atoms with Crippen molar-refractivity contribution in [1.82, 2.24) is 4.90 Å². The molecule has 0 radical (unpaired) electrons. The number of carbonyl (C=O) groups excluding carboxylic acids is 2. The smallest absolute Gasteiger partial charge is 0.410 e.